The summed E-state index contributed by atoms with van der Waals surface area (Å²) in [6.07, 6.45) is 0. The lowest BCUT2D eigenvalue weighted by Gasteiger charge is -2.27. The van der Waals surface area contributed by atoms with Gasteiger partial charge in [-0.3, -0.25) is 19.3 Å². The van der Waals surface area contributed by atoms with Gasteiger partial charge in [-0.1, -0.05) is 0 Å². The Hall–Kier alpha value is -4.02. The third-order valence-electron chi connectivity index (χ3n) is 4.59. The smallest absolute Gasteiger partial charge is 0.366 e. The summed E-state index contributed by atoms with van der Waals surface area (Å²) in [7, 11) is 1.57. The summed E-state index contributed by atoms with van der Waals surface area (Å²) in [4.78, 5) is 53.5. The number of ether oxygens (including phenoxy) is 2. The Morgan fingerprint density at radius 2 is 1.83 bits per heavy atom. The SMILES string of the molecule is CN1C(=O)COc2ccc(C(=O)CN3C(=O)COc4ccc([N+](=O)[O-])nc43)cc21. The largest absolute Gasteiger partial charge is 0.482 e. The fourth-order valence-electron chi connectivity index (χ4n) is 3.01. The highest BCUT2D eigenvalue weighted by atomic mass is 16.6. The zero-order chi connectivity index (χ0) is 20.7. The molecule has 0 bridgehead atoms. The lowest BCUT2D eigenvalue weighted by Crippen LogP contribution is -2.42. The Balaban J connectivity index is 1.64. The fraction of sp³-hybridized carbons (Fsp3) is 0.222. The van der Waals surface area contributed by atoms with Crippen LogP contribution in [-0.2, 0) is 9.59 Å². The van der Waals surface area contributed by atoms with Crippen LogP contribution in [0, 0.1) is 10.1 Å². The van der Waals surface area contributed by atoms with E-state index in [1.165, 1.54) is 23.1 Å². The number of Topliss-reactive ketones (excluding diaryl/α,β-unsaturated/α-hetero) is 1. The predicted octanol–water partition coefficient (Wildman–Crippen LogP) is 0.953. The highest BCUT2D eigenvalue weighted by Crippen LogP contribution is 2.34. The zero-order valence-corrected chi connectivity index (χ0v) is 15.2. The van der Waals surface area contributed by atoms with Gasteiger partial charge in [-0.15, -0.1) is 0 Å². The van der Waals surface area contributed by atoms with Gasteiger partial charge in [0, 0.05) is 18.7 Å². The van der Waals surface area contributed by atoms with Gasteiger partial charge in [-0.25, -0.2) is 0 Å². The number of aromatic nitrogens is 1. The van der Waals surface area contributed by atoms with Gasteiger partial charge in [-0.05, 0) is 34.2 Å². The first-order valence-electron chi connectivity index (χ1n) is 8.50. The highest BCUT2D eigenvalue weighted by molar-refractivity contribution is 6.08. The van der Waals surface area contributed by atoms with E-state index < -0.39 is 22.4 Å². The number of rotatable bonds is 4. The molecule has 148 valence electrons. The van der Waals surface area contributed by atoms with Crippen LogP contribution in [0.3, 0.4) is 0 Å². The van der Waals surface area contributed by atoms with Gasteiger partial charge in [-0.2, -0.15) is 0 Å². The molecule has 11 nitrogen and oxygen atoms in total. The molecule has 0 spiro atoms. The molecule has 29 heavy (non-hydrogen) atoms. The molecule has 2 aliphatic heterocycles. The summed E-state index contributed by atoms with van der Waals surface area (Å²) in [5, 5.41) is 11.0. The number of pyridine rings is 1. The van der Waals surface area contributed by atoms with Crippen LogP contribution in [0.25, 0.3) is 0 Å². The van der Waals surface area contributed by atoms with Crippen LogP contribution in [0.15, 0.2) is 30.3 Å². The second-order valence-electron chi connectivity index (χ2n) is 6.36. The minimum Gasteiger partial charge on any atom is -0.482 e. The maximum Gasteiger partial charge on any atom is 0.366 e. The summed E-state index contributed by atoms with van der Waals surface area (Å²) in [6, 6.07) is 7.09. The first-order valence-corrected chi connectivity index (χ1v) is 8.50. The molecule has 2 aromatic rings. The lowest BCUT2D eigenvalue weighted by molar-refractivity contribution is -0.389. The number of benzene rings is 1. The van der Waals surface area contributed by atoms with Crippen molar-refractivity contribution in [3.05, 3.63) is 46.0 Å². The molecule has 0 fully saturated rings. The molecule has 0 unspecified atom stereocenters. The molecular weight excluding hydrogens is 384 g/mol. The van der Waals surface area contributed by atoms with Gasteiger partial charge in [0.05, 0.1) is 12.2 Å². The van der Waals surface area contributed by atoms with Crippen LogP contribution >= 0.6 is 0 Å². The van der Waals surface area contributed by atoms with E-state index in [1.54, 1.807) is 13.1 Å². The van der Waals surface area contributed by atoms with Crippen LogP contribution in [-0.4, -0.2) is 54.3 Å². The molecule has 3 heterocycles. The summed E-state index contributed by atoms with van der Waals surface area (Å²) in [5.41, 5.74) is 0.690. The van der Waals surface area contributed by atoms with E-state index in [0.717, 1.165) is 11.0 Å². The van der Waals surface area contributed by atoms with Crippen LogP contribution in [0.1, 0.15) is 10.4 Å². The van der Waals surface area contributed by atoms with E-state index in [-0.39, 0.29) is 42.8 Å². The summed E-state index contributed by atoms with van der Waals surface area (Å²) in [5.74, 6) is -1.15. The molecule has 0 N–H and O–H groups in total. The van der Waals surface area contributed by atoms with Crippen LogP contribution in [0.4, 0.5) is 17.3 Å². The van der Waals surface area contributed by atoms with Crippen LogP contribution in [0.2, 0.25) is 0 Å². The predicted molar refractivity (Wildman–Crippen MR) is 98.4 cm³/mol. The van der Waals surface area contributed by atoms with E-state index in [2.05, 4.69) is 4.98 Å². The van der Waals surface area contributed by atoms with Crippen LogP contribution < -0.4 is 19.3 Å². The van der Waals surface area contributed by atoms with E-state index in [0.29, 0.717) is 11.4 Å². The minimum absolute atomic E-state index is 0.0830. The van der Waals surface area contributed by atoms with Crippen molar-refractivity contribution in [3.63, 3.8) is 0 Å². The van der Waals surface area contributed by atoms with Gasteiger partial charge in [0.2, 0.25) is 0 Å². The van der Waals surface area contributed by atoms with E-state index in [9.17, 15) is 24.5 Å². The molecule has 1 aromatic heterocycles. The monoisotopic (exact) mass is 398 g/mol. The summed E-state index contributed by atoms with van der Waals surface area (Å²) in [6.45, 7) is -0.782. The number of hydrogen-bond donors (Lipinski definition) is 0. The number of nitrogens with zero attached hydrogens (tertiary/aromatic N) is 4. The van der Waals surface area contributed by atoms with E-state index in [1.807, 2.05) is 0 Å². The van der Waals surface area contributed by atoms with E-state index >= 15 is 0 Å². The molecule has 1 aromatic carbocycles. The number of carbonyl (C=O) groups is 3. The number of nitro groups is 1. The number of ketones is 1. The van der Waals surface area contributed by atoms with E-state index in [4.69, 9.17) is 9.47 Å². The Kier molecular flexibility index (Phi) is 4.34. The number of likely N-dealkylation sites (N-methyl/N-ethyl adjacent to an activating group) is 1. The van der Waals surface area contributed by atoms with Gasteiger partial charge >= 0.3 is 5.82 Å². The third kappa shape index (κ3) is 3.22. The molecule has 2 amide bonds. The Labute approximate surface area is 163 Å². The molecule has 0 aliphatic carbocycles. The summed E-state index contributed by atoms with van der Waals surface area (Å²) < 4.78 is 10.6. The van der Waals surface area contributed by atoms with Crippen molar-refractivity contribution in [1.82, 2.24) is 4.98 Å². The number of amides is 2. The van der Waals surface area contributed by atoms with Gasteiger partial charge in [0.1, 0.15) is 5.75 Å². The molecule has 4 rings (SSSR count). The number of anilines is 2. The van der Waals surface area contributed by atoms with Crippen molar-refractivity contribution in [1.29, 1.82) is 0 Å². The average molecular weight is 398 g/mol. The van der Waals surface area contributed by atoms with Gasteiger partial charge in [0.25, 0.3) is 17.6 Å². The normalized spacial score (nSPS) is 15.2. The fourth-order valence-corrected chi connectivity index (χ4v) is 3.01. The molecule has 0 radical (unpaired) electrons. The zero-order valence-electron chi connectivity index (χ0n) is 15.2. The van der Waals surface area contributed by atoms with Crippen molar-refractivity contribution in [2.75, 3.05) is 36.6 Å². The first-order chi connectivity index (χ1) is 13.8. The lowest BCUT2D eigenvalue weighted by atomic mass is 10.1. The molecule has 0 saturated heterocycles. The minimum atomic E-state index is -0.699. The van der Waals surface area contributed by atoms with Gasteiger partial charge < -0.3 is 24.5 Å². The second kappa shape index (κ2) is 6.86. The molecule has 0 atom stereocenters. The average Bonchev–Trinajstić information content (AvgIpc) is 2.72. The molecular formula is C18H14N4O7. The maximum absolute atomic E-state index is 12.8. The highest BCUT2D eigenvalue weighted by Gasteiger charge is 2.34. The van der Waals surface area contributed by atoms with Crippen molar-refractivity contribution in [2.45, 2.75) is 0 Å². The Morgan fingerprint density at radius 3 is 2.59 bits per heavy atom. The second-order valence-corrected chi connectivity index (χ2v) is 6.36. The molecule has 0 saturated carbocycles. The Morgan fingerprint density at radius 1 is 1.14 bits per heavy atom. The molecule has 2 aliphatic rings. The van der Waals surface area contributed by atoms with Crippen molar-refractivity contribution < 1.29 is 28.8 Å². The number of carbonyl (C=O) groups excluding carboxylic acids is 3. The van der Waals surface area contributed by atoms with Crippen molar-refractivity contribution >= 4 is 34.9 Å². The topological polar surface area (TPSA) is 132 Å². The van der Waals surface area contributed by atoms with Crippen molar-refractivity contribution in [2.24, 2.45) is 0 Å². The van der Waals surface area contributed by atoms with Crippen LogP contribution in [0.5, 0.6) is 11.5 Å². The number of hydrogen-bond acceptors (Lipinski definition) is 8. The quantitative estimate of drug-likeness (QED) is 0.422. The van der Waals surface area contributed by atoms with Crippen molar-refractivity contribution in [3.8, 4) is 11.5 Å². The molecule has 11 heteroatoms. The third-order valence-corrected chi connectivity index (χ3v) is 4.59. The number of fused-ring (bicyclic) bond motifs is 2. The Bertz CT molecular complexity index is 1070. The van der Waals surface area contributed by atoms with Gasteiger partial charge in [0.15, 0.2) is 24.7 Å². The standard InChI is InChI=1S/C18H14N4O7/c1-20-11-6-10(2-3-13(11)28-8-16(20)24)12(23)7-21-17(25)9-29-14-4-5-15(22(26)27)19-18(14)21/h2-6H,7-9H2,1H3. The first kappa shape index (κ1) is 18.3. The summed E-state index contributed by atoms with van der Waals surface area (Å²) >= 11 is 0. The maximum atomic E-state index is 12.8.